The van der Waals surface area contributed by atoms with E-state index in [0.29, 0.717) is 22.2 Å². The van der Waals surface area contributed by atoms with Crippen LogP contribution in [-0.2, 0) is 16.1 Å². The van der Waals surface area contributed by atoms with Crippen molar-refractivity contribution in [1.29, 1.82) is 0 Å². The van der Waals surface area contributed by atoms with Gasteiger partial charge in [0.1, 0.15) is 18.1 Å². The van der Waals surface area contributed by atoms with Gasteiger partial charge in [0.25, 0.3) is 5.91 Å². The number of rotatable bonds is 7. The summed E-state index contributed by atoms with van der Waals surface area (Å²) < 4.78 is 16.2. The van der Waals surface area contributed by atoms with E-state index in [9.17, 15) is 9.59 Å². The summed E-state index contributed by atoms with van der Waals surface area (Å²) in [6.07, 6.45) is -1.02. The molecule has 3 aromatic rings. The lowest BCUT2D eigenvalue weighted by molar-refractivity contribution is -0.123. The average molecular weight is 414 g/mol. The maximum atomic E-state index is 12.3. The van der Waals surface area contributed by atoms with Crippen molar-refractivity contribution in [2.75, 3.05) is 5.32 Å². The molecule has 0 saturated carbocycles. The van der Waals surface area contributed by atoms with Crippen molar-refractivity contribution in [3.8, 4) is 5.75 Å². The molecule has 1 N–H and O–H groups in total. The fourth-order valence-corrected chi connectivity index (χ4v) is 2.66. The Morgan fingerprint density at radius 3 is 2.59 bits per heavy atom. The predicted octanol–water partition coefficient (Wildman–Crippen LogP) is 5.00. The molecule has 0 fully saturated rings. The Bertz CT molecular complexity index is 999. The third kappa shape index (κ3) is 5.39. The Morgan fingerprint density at radius 2 is 1.83 bits per heavy atom. The van der Waals surface area contributed by atoms with Crippen LogP contribution in [0.4, 0.5) is 5.69 Å². The summed E-state index contributed by atoms with van der Waals surface area (Å²) in [5.74, 6) is -0.0540. The molecule has 7 heteroatoms. The first-order chi connectivity index (χ1) is 13.9. The standard InChI is InChI=1S/C22H20ClNO5/c1-14-18(23)9-6-10-19(14)24-21(25)15(2)28-22(26)20-12-11-17(29-20)13-27-16-7-4-3-5-8-16/h3-12,15H,13H2,1-2H3,(H,24,25)/t15-/m1/s1. The lowest BCUT2D eigenvalue weighted by atomic mass is 10.2. The van der Waals surface area contributed by atoms with Gasteiger partial charge in [-0.2, -0.15) is 0 Å². The molecule has 1 aromatic heterocycles. The second-order valence-electron chi connectivity index (χ2n) is 6.32. The molecule has 0 aliphatic carbocycles. The van der Waals surface area contributed by atoms with E-state index in [0.717, 1.165) is 5.56 Å². The molecular weight excluding hydrogens is 394 g/mol. The molecule has 0 bridgehead atoms. The number of anilines is 1. The monoisotopic (exact) mass is 413 g/mol. The topological polar surface area (TPSA) is 77.8 Å². The summed E-state index contributed by atoms with van der Waals surface area (Å²) in [4.78, 5) is 24.6. The SMILES string of the molecule is Cc1c(Cl)cccc1NC(=O)[C@@H](C)OC(=O)c1ccc(COc2ccccc2)o1. The van der Waals surface area contributed by atoms with Crippen LogP contribution in [0.5, 0.6) is 5.75 Å². The summed E-state index contributed by atoms with van der Waals surface area (Å²) in [7, 11) is 0. The van der Waals surface area contributed by atoms with Gasteiger partial charge in [-0.15, -0.1) is 0 Å². The van der Waals surface area contributed by atoms with Crippen LogP contribution in [0.25, 0.3) is 0 Å². The van der Waals surface area contributed by atoms with Crippen LogP contribution < -0.4 is 10.1 Å². The molecule has 3 rings (SSSR count). The molecule has 0 unspecified atom stereocenters. The van der Waals surface area contributed by atoms with Crippen LogP contribution in [0.2, 0.25) is 5.02 Å². The van der Waals surface area contributed by atoms with Crippen molar-refractivity contribution in [3.05, 3.63) is 82.8 Å². The van der Waals surface area contributed by atoms with Gasteiger partial charge in [0.05, 0.1) is 0 Å². The fraction of sp³-hybridized carbons (Fsp3) is 0.182. The summed E-state index contributed by atoms with van der Waals surface area (Å²) in [5, 5.41) is 3.24. The number of amides is 1. The molecule has 1 atom stereocenters. The molecule has 0 aliphatic rings. The van der Waals surface area contributed by atoms with E-state index in [-0.39, 0.29) is 12.4 Å². The van der Waals surface area contributed by atoms with Crippen molar-refractivity contribution in [1.82, 2.24) is 0 Å². The fourth-order valence-electron chi connectivity index (χ4n) is 2.49. The van der Waals surface area contributed by atoms with E-state index in [1.807, 2.05) is 30.3 Å². The highest BCUT2D eigenvalue weighted by molar-refractivity contribution is 6.31. The molecule has 150 valence electrons. The van der Waals surface area contributed by atoms with Gasteiger partial charge in [-0.3, -0.25) is 4.79 Å². The molecule has 0 radical (unpaired) electrons. The number of halogens is 1. The van der Waals surface area contributed by atoms with Crippen molar-refractivity contribution in [2.24, 2.45) is 0 Å². The van der Waals surface area contributed by atoms with Gasteiger partial charge in [0.15, 0.2) is 6.10 Å². The molecule has 0 aliphatic heterocycles. The number of hydrogen-bond donors (Lipinski definition) is 1. The smallest absolute Gasteiger partial charge is 0.375 e. The number of esters is 1. The van der Waals surface area contributed by atoms with E-state index >= 15 is 0 Å². The largest absolute Gasteiger partial charge is 0.486 e. The lowest BCUT2D eigenvalue weighted by Crippen LogP contribution is -2.30. The quantitative estimate of drug-likeness (QED) is 0.551. The van der Waals surface area contributed by atoms with Crippen LogP contribution >= 0.6 is 11.6 Å². The molecule has 1 amide bonds. The number of hydrogen-bond acceptors (Lipinski definition) is 5. The highest BCUT2D eigenvalue weighted by Gasteiger charge is 2.22. The van der Waals surface area contributed by atoms with E-state index in [4.69, 9.17) is 25.5 Å². The minimum atomic E-state index is -1.02. The van der Waals surface area contributed by atoms with Gasteiger partial charge < -0.3 is 19.2 Å². The number of carbonyl (C=O) groups is 2. The maximum absolute atomic E-state index is 12.3. The van der Waals surface area contributed by atoms with Crippen LogP contribution in [-0.4, -0.2) is 18.0 Å². The van der Waals surface area contributed by atoms with Gasteiger partial charge in [0.2, 0.25) is 5.76 Å². The minimum absolute atomic E-state index is 0.00440. The Kier molecular flexibility index (Phi) is 6.57. The maximum Gasteiger partial charge on any atom is 0.375 e. The summed E-state index contributed by atoms with van der Waals surface area (Å²) >= 11 is 6.05. The molecule has 0 saturated heterocycles. The normalized spacial score (nSPS) is 11.6. The third-order valence-electron chi connectivity index (χ3n) is 4.17. The molecule has 6 nitrogen and oxygen atoms in total. The van der Waals surface area contributed by atoms with Crippen LogP contribution in [0.1, 0.15) is 28.8 Å². The molecular formula is C22H20ClNO5. The number of nitrogens with one attached hydrogen (secondary N) is 1. The number of furan rings is 1. The zero-order chi connectivity index (χ0) is 20.8. The van der Waals surface area contributed by atoms with Crippen LogP contribution in [0.15, 0.2) is 65.1 Å². The zero-order valence-electron chi connectivity index (χ0n) is 16.0. The summed E-state index contributed by atoms with van der Waals surface area (Å²) in [6.45, 7) is 3.44. The Hall–Kier alpha value is -3.25. The Morgan fingerprint density at radius 1 is 1.07 bits per heavy atom. The number of benzene rings is 2. The van der Waals surface area contributed by atoms with E-state index in [1.54, 1.807) is 31.2 Å². The molecule has 2 aromatic carbocycles. The third-order valence-corrected chi connectivity index (χ3v) is 4.58. The van der Waals surface area contributed by atoms with Gasteiger partial charge in [-0.05, 0) is 55.8 Å². The summed E-state index contributed by atoms with van der Waals surface area (Å²) in [6, 6.07) is 17.5. The van der Waals surface area contributed by atoms with E-state index < -0.39 is 18.0 Å². The second kappa shape index (κ2) is 9.30. The lowest BCUT2D eigenvalue weighted by Gasteiger charge is -2.14. The number of para-hydroxylation sites is 1. The zero-order valence-corrected chi connectivity index (χ0v) is 16.7. The highest BCUT2D eigenvalue weighted by Crippen LogP contribution is 2.23. The van der Waals surface area contributed by atoms with E-state index in [1.165, 1.54) is 13.0 Å². The van der Waals surface area contributed by atoms with Gasteiger partial charge in [-0.25, -0.2) is 4.79 Å². The van der Waals surface area contributed by atoms with Crippen molar-refractivity contribution < 1.29 is 23.5 Å². The molecule has 0 spiro atoms. The molecule has 1 heterocycles. The first-order valence-electron chi connectivity index (χ1n) is 8.97. The predicted molar refractivity (Wildman–Crippen MR) is 109 cm³/mol. The highest BCUT2D eigenvalue weighted by atomic mass is 35.5. The van der Waals surface area contributed by atoms with Gasteiger partial charge in [-0.1, -0.05) is 35.9 Å². The van der Waals surface area contributed by atoms with Gasteiger partial charge >= 0.3 is 5.97 Å². The van der Waals surface area contributed by atoms with Gasteiger partial charge in [0, 0.05) is 10.7 Å². The van der Waals surface area contributed by atoms with Crippen molar-refractivity contribution in [3.63, 3.8) is 0 Å². The van der Waals surface area contributed by atoms with Crippen molar-refractivity contribution >= 4 is 29.2 Å². The second-order valence-corrected chi connectivity index (χ2v) is 6.72. The molecule has 29 heavy (non-hydrogen) atoms. The first-order valence-corrected chi connectivity index (χ1v) is 9.35. The Labute approximate surface area is 173 Å². The Balaban J connectivity index is 1.54. The van der Waals surface area contributed by atoms with Crippen LogP contribution in [0.3, 0.4) is 0 Å². The number of carbonyl (C=O) groups excluding carboxylic acids is 2. The van der Waals surface area contributed by atoms with E-state index in [2.05, 4.69) is 5.32 Å². The van der Waals surface area contributed by atoms with Crippen LogP contribution in [0, 0.1) is 6.92 Å². The van der Waals surface area contributed by atoms with Crippen molar-refractivity contribution in [2.45, 2.75) is 26.6 Å². The number of ether oxygens (including phenoxy) is 2. The average Bonchev–Trinajstić information content (AvgIpc) is 3.20. The summed E-state index contributed by atoms with van der Waals surface area (Å²) in [5.41, 5.74) is 1.29. The first kappa shape index (κ1) is 20.5. The minimum Gasteiger partial charge on any atom is -0.486 e.